The van der Waals surface area contributed by atoms with Crippen LogP contribution in [0.25, 0.3) is 6.08 Å². The van der Waals surface area contributed by atoms with Gasteiger partial charge in [0.2, 0.25) is 0 Å². The molecule has 9 heteroatoms. The number of carbonyl (C=O) groups excluding carboxylic acids is 2. The van der Waals surface area contributed by atoms with Crippen LogP contribution >= 0.6 is 0 Å². The molecule has 3 rings (SSSR count). The molecule has 2 N–H and O–H groups in total. The quantitative estimate of drug-likeness (QED) is 0.353. The molecule has 0 radical (unpaired) electrons. The van der Waals surface area contributed by atoms with Crippen molar-refractivity contribution in [3.8, 4) is 5.75 Å². The molecule has 0 saturated carbocycles. The van der Waals surface area contributed by atoms with E-state index in [1.165, 1.54) is 38.3 Å². The number of methoxy groups -OCH3 is 1. The second-order valence-electron chi connectivity index (χ2n) is 7.17. The standard InChI is InChI=1S/C25H24N2O6S/c1-18(25(29)26-20-6-4-3-5-7-20)33-24(28)17-10-19-8-15-23(16-9-19)34(30,31)27-21-11-13-22(32-2)14-12-21/h3-18,27H,1-2H3,(H,26,29)/b17-10+. The molecule has 176 valence electrons. The number of ether oxygens (including phenoxy) is 2. The average molecular weight is 481 g/mol. The number of nitrogens with one attached hydrogen (secondary N) is 2. The van der Waals surface area contributed by atoms with Gasteiger partial charge in [0.25, 0.3) is 15.9 Å². The molecule has 0 saturated heterocycles. The summed E-state index contributed by atoms with van der Waals surface area (Å²) in [4.78, 5) is 24.3. The molecule has 34 heavy (non-hydrogen) atoms. The summed E-state index contributed by atoms with van der Waals surface area (Å²) in [6.07, 6.45) is 1.65. The van der Waals surface area contributed by atoms with Gasteiger partial charge in [-0.25, -0.2) is 13.2 Å². The van der Waals surface area contributed by atoms with Crippen molar-refractivity contribution in [2.24, 2.45) is 0 Å². The number of benzene rings is 3. The summed E-state index contributed by atoms with van der Waals surface area (Å²) in [6, 6.07) is 21.3. The molecule has 1 atom stereocenters. The van der Waals surface area contributed by atoms with E-state index in [1.807, 2.05) is 6.07 Å². The van der Waals surface area contributed by atoms with Gasteiger partial charge in [-0.05, 0) is 67.1 Å². The van der Waals surface area contributed by atoms with Crippen LogP contribution in [0.15, 0.2) is 89.8 Å². The fraction of sp³-hybridized carbons (Fsp3) is 0.120. The predicted molar refractivity (Wildman–Crippen MR) is 130 cm³/mol. The smallest absolute Gasteiger partial charge is 0.331 e. The van der Waals surface area contributed by atoms with E-state index in [1.54, 1.807) is 60.7 Å². The van der Waals surface area contributed by atoms with Crippen molar-refractivity contribution in [1.82, 2.24) is 0 Å². The highest BCUT2D eigenvalue weighted by Crippen LogP contribution is 2.20. The first-order chi connectivity index (χ1) is 16.3. The first-order valence-electron chi connectivity index (χ1n) is 10.3. The van der Waals surface area contributed by atoms with Crippen molar-refractivity contribution in [1.29, 1.82) is 0 Å². The third-order valence-corrected chi connectivity index (χ3v) is 6.05. The number of esters is 1. The molecule has 0 fully saturated rings. The molecule has 3 aromatic carbocycles. The van der Waals surface area contributed by atoms with E-state index >= 15 is 0 Å². The predicted octanol–water partition coefficient (Wildman–Crippen LogP) is 4.08. The lowest BCUT2D eigenvalue weighted by Gasteiger charge is -2.12. The molecule has 0 bridgehead atoms. The number of sulfonamides is 1. The number of anilines is 2. The van der Waals surface area contributed by atoms with Gasteiger partial charge in [-0.2, -0.15) is 0 Å². The third-order valence-electron chi connectivity index (χ3n) is 4.65. The van der Waals surface area contributed by atoms with Crippen LogP contribution in [-0.4, -0.2) is 33.5 Å². The summed E-state index contributed by atoms with van der Waals surface area (Å²) in [5, 5.41) is 2.65. The van der Waals surface area contributed by atoms with Gasteiger partial charge in [0.15, 0.2) is 6.10 Å². The Labute approximate surface area is 198 Å². The normalized spacial score (nSPS) is 12.1. The highest BCUT2D eigenvalue weighted by molar-refractivity contribution is 7.92. The summed E-state index contributed by atoms with van der Waals surface area (Å²) in [5.41, 5.74) is 1.59. The van der Waals surface area contributed by atoms with Gasteiger partial charge >= 0.3 is 5.97 Å². The maximum Gasteiger partial charge on any atom is 0.331 e. The average Bonchev–Trinajstić information content (AvgIpc) is 2.84. The van der Waals surface area contributed by atoms with E-state index in [2.05, 4.69) is 10.0 Å². The van der Waals surface area contributed by atoms with Gasteiger partial charge in [-0.1, -0.05) is 30.3 Å². The summed E-state index contributed by atoms with van der Waals surface area (Å²) < 4.78 is 37.8. The fourth-order valence-corrected chi connectivity index (χ4v) is 3.89. The minimum atomic E-state index is -3.78. The molecule has 8 nitrogen and oxygen atoms in total. The van der Waals surface area contributed by atoms with Gasteiger partial charge in [-0.15, -0.1) is 0 Å². The number of rotatable bonds is 9. The van der Waals surface area contributed by atoms with Gasteiger partial charge in [0.05, 0.1) is 12.0 Å². The molecule has 0 aliphatic heterocycles. The topological polar surface area (TPSA) is 111 Å². The van der Waals surface area contributed by atoms with Crippen LogP contribution in [0.5, 0.6) is 5.75 Å². The lowest BCUT2D eigenvalue weighted by molar-refractivity contribution is -0.148. The summed E-state index contributed by atoms with van der Waals surface area (Å²) >= 11 is 0. The van der Waals surface area contributed by atoms with Crippen LogP contribution in [0.3, 0.4) is 0 Å². The molecule has 0 spiro atoms. The van der Waals surface area contributed by atoms with Crippen molar-refractivity contribution in [3.05, 3.63) is 90.5 Å². The van der Waals surface area contributed by atoms with Gasteiger partial charge in [0, 0.05) is 17.5 Å². The Morgan fingerprint density at radius 2 is 1.53 bits per heavy atom. The van der Waals surface area contributed by atoms with Crippen LogP contribution in [0.4, 0.5) is 11.4 Å². The monoisotopic (exact) mass is 480 g/mol. The SMILES string of the molecule is COc1ccc(NS(=O)(=O)c2ccc(/C=C/C(=O)OC(C)C(=O)Nc3ccccc3)cc2)cc1. The zero-order valence-electron chi connectivity index (χ0n) is 18.6. The number of hydrogen-bond acceptors (Lipinski definition) is 6. The van der Waals surface area contributed by atoms with E-state index in [0.29, 0.717) is 22.7 Å². The molecular weight excluding hydrogens is 456 g/mol. The van der Waals surface area contributed by atoms with E-state index in [0.717, 1.165) is 0 Å². The highest BCUT2D eigenvalue weighted by atomic mass is 32.2. The maximum atomic E-state index is 12.6. The maximum absolute atomic E-state index is 12.6. The number of carbonyl (C=O) groups is 2. The fourth-order valence-electron chi connectivity index (χ4n) is 2.83. The molecule has 1 unspecified atom stereocenters. The third kappa shape index (κ3) is 6.94. The number of hydrogen-bond donors (Lipinski definition) is 2. The second-order valence-corrected chi connectivity index (χ2v) is 8.85. The van der Waals surface area contributed by atoms with E-state index in [-0.39, 0.29) is 4.90 Å². The number of amides is 1. The Balaban J connectivity index is 1.55. The lowest BCUT2D eigenvalue weighted by atomic mass is 10.2. The zero-order valence-corrected chi connectivity index (χ0v) is 19.4. The highest BCUT2D eigenvalue weighted by Gasteiger charge is 2.17. The van der Waals surface area contributed by atoms with Crippen LogP contribution in [0.1, 0.15) is 12.5 Å². The molecule has 0 aromatic heterocycles. The summed E-state index contributed by atoms with van der Waals surface area (Å²) in [7, 11) is -2.26. The van der Waals surface area contributed by atoms with Gasteiger partial charge in [-0.3, -0.25) is 9.52 Å². The Morgan fingerprint density at radius 3 is 2.15 bits per heavy atom. The summed E-state index contributed by atoms with van der Waals surface area (Å²) in [5.74, 6) is -0.538. The minimum Gasteiger partial charge on any atom is -0.497 e. The molecule has 1 amide bonds. The van der Waals surface area contributed by atoms with Crippen LogP contribution in [0, 0.1) is 0 Å². The molecular formula is C25H24N2O6S. The van der Waals surface area contributed by atoms with Crippen LogP contribution in [-0.2, 0) is 24.3 Å². The van der Waals surface area contributed by atoms with Gasteiger partial charge < -0.3 is 14.8 Å². The van der Waals surface area contributed by atoms with E-state index < -0.39 is 28.0 Å². The Kier molecular flexibility index (Phi) is 8.05. The van der Waals surface area contributed by atoms with Crippen molar-refractivity contribution in [3.63, 3.8) is 0 Å². The van der Waals surface area contributed by atoms with E-state index in [4.69, 9.17) is 9.47 Å². The van der Waals surface area contributed by atoms with Crippen molar-refractivity contribution in [2.45, 2.75) is 17.9 Å². The van der Waals surface area contributed by atoms with Gasteiger partial charge in [0.1, 0.15) is 5.75 Å². The molecule has 3 aromatic rings. The largest absolute Gasteiger partial charge is 0.497 e. The first-order valence-corrected chi connectivity index (χ1v) is 11.8. The van der Waals surface area contributed by atoms with Crippen LogP contribution in [0.2, 0.25) is 0 Å². The molecule has 0 aliphatic carbocycles. The minimum absolute atomic E-state index is 0.0641. The summed E-state index contributed by atoms with van der Waals surface area (Å²) in [6.45, 7) is 1.47. The van der Waals surface area contributed by atoms with Crippen molar-refractivity contribution < 1.29 is 27.5 Å². The van der Waals surface area contributed by atoms with Crippen LogP contribution < -0.4 is 14.8 Å². The Hall–Kier alpha value is -4.11. The molecule has 0 aliphatic rings. The first kappa shape index (κ1) is 24.5. The Bertz CT molecular complexity index is 1260. The van der Waals surface area contributed by atoms with Crippen molar-refractivity contribution in [2.75, 3.05) is 17.1 Å². The molecule has 0 heterocycles. The second kappa shape index (κ2) is 11.2. The Morgan fingerprint density at radius 1 is 0.882 bits per heavy atom. The zero-order chi connectivity index (χ0) is 24.6. The van der Waals surface area contributed by atoms with E-state index in [9.17, 15) is 18.0 Å². The lowest BCUT2D eigenvalue weighted by Crippen LogP contribution is -2.29. The van der Waals surface area contributed by atoms with Crippen molar-refractivity contribution >= 4 is 39.4 Å². The number of para-hydroxylation sites is 1.